The molecular formula is C29H26N2O4. The molecule has 0 bridgehead atoms. The Bertz CT molecular complexity index is 1350. The highest BCUT2D eigenvalue weighted by molar-refractivity contribution is 6.06. The lowest BCUT2D eigenvalue weighted by atomic mass is 9.90. The molecule has 0 unspecified atom stereocenters. The fourth-order valence-electron chi connectivity index (χ4n) is 4.38. The third-order valence-electron chi connectivity index (χ3n) is 6.09. The maximum absolute atomic E-state index is 13.1. The number of amides is 1. The van der Waals surface area contributed by atoms with Crippen LogP contribution in [0.25, 0.3) is 10.9 Å². The number of nitrogens with one attached hydrogen (secondary N) is 1. The molecule has 0 atom stereocenters. The Labute approximate surface area is 203 Å². The van der Waals surface area contributed by atoms with Crippen molar-refractivity contribution < 1.29 is 19.1 Å². The van der Waals surface area contributed by atoms with Crippen molar-refractivity contribution in [1.29, 1.82) is 0 Å². The number of hydrogen-bond acceptors (Lipinski definition) is 5. The van der Waals surface area contributed by atoms with E-state index in [1.54, 1.807) is 24.3 Å². The number of esters is 1. The van der Waals surface area contributed by atoms with Gasteiger partial charge in [-0.25, -0.2) is 4.79 Å². The van der Waals surface area contributed by atoms with Crippen LogP contribution in [0.4, 0.5) is 5.69 Å². The summed E-state index contributed by atoms with van der Waals surface area (Å²) < 4.78 is 11.2. The highest BCUT2D eigenvalue weighted by Crippen LogP contribution is 2.29. The van der Waals surface area contributed by atoms with Gasteiger partial charge in [0.05, 0.1) is 11.1 Å². The van der Waals surface area contributed by atoms with Gasteiger partial charge in [0.25, 0.3) is 5.91 Å². The number of carbonyl (C=O) groups excluding carboxylic acids is 2. The molecule has 0 saturated carbocycles. The number of anilines is 1. The molecule has 4 aromatic rings. The minimum Gasteiger partial charge on any atom is -0.489 e. The number of para-hydroxylation sites is 1. The monoisotopic (exact) mass is 466 g/mol. The number of aryl methyl sites for hydroxylation is 1. The number of ether oxygens (including phenoxy) is 2. The van der Waals surface area contributed by atoms with Crippen LogP contribution in [-0.4, -0.2) is 23.5 Å². The zero-order valence-corrected chi connectivity index (χ0v) is 19.3. The van der Waals surface area contributed by atoms with Gasteiger partial charge in [0.15, 0.2) is 6.61 Å². The molecule has 6 heteroatoms. The SMILES string of the molecule is O=C(COC(=O)c1c2c(nc3ccccc13)CCCC2)Nc1ccc(OCc2ccccc2)cc1. The van der Waals surface area contributed by atoms with Gasteiger partial charge in [-0.15, -0.1) is 0 Å². The molecule has 1 aliphatic rings. The average molecular weight is 467 g/mol. The molecule has 1 aromatic heterocycles. The van der Waals surface area contributed by atoms with Crippen molar-refractivity contribution in [3.63, 3.8) is 0 Å². The number of carbonyl (C=O) groups is 2. The van der Waals surface area contributed by atoms with Crippen LogP contribution in [0.3, 0.4) is 0 Å². The molecule has 176 valence electrons. The fraction of sp³-hybridized carbons (Fsp3) is 0.207. The van der Waals surface area contributed by atoms with Crippen molar-refractivity contribution in [3.8, 4) is 5.75 Å². The van der Waals surface area contributed by atoms with E-state index in [4.69, 9.17) is 14.5 Å². The lowest BCUT2D eigenvalue weighted by Gasteiger charge is -2.19. The molecule has 1 N–H and O–H groups in total. The first-order chi connectivity index (χ1) is 17.2. The summed E-state index contributed by atoms with van der Waals surface area (Å²) in [4.78, 5) is 30.3. The zero-order valence-electron chi connectivity index (χ0n) is 19.3. The number of pyridine rings is 1. The van der Waals surface area contributed by atoms with Gasteiger partial charge in [-0.2, -0.15) is 0 Å². The summed E-state index contributed by atoms with van der Waals surface area (Å²) >= 11 is 0. The van der Waals surface area contributed by atoms with Crippen molar-refractivity contribution in [2.45, 2.75) is 32.3 Å². The summed E-state index contributed by atoms with van der Waals surface area (Å²) in [5.41, 5.74) is 4.91. The molecule has 0 spiro atoms. The minimum atomic E-state index is -0.485. The van der Waals surface area contributed by atoms with Gasteiger partial charge in [-0.3, -0.25) is 9.78 Å². The number of benzene rings is 3. The third-order valence-corrected chi connectivity index (χ3v) is 6.09. The Morgan fingerprint density at radius 1 is 0.857 bits per heavy atom. The van der Waals surface area contributed by atoms with Crippen LogP contribution in [0, 0.1) is 0 Å². The number of hydrogen-bond donors (Lipinski definition) is 1. The molecule has 0 saturated heterocycles. The second kappa shape index (κ2) is 10.4. The predicted octanol–water partition coefficient (Wildman–Crippen LogP) is 5.49. The van der Waals surface area contributed by atoms with Crippen molar-refractivity contribution in [2.24, 2.45) is 0 Å². The molecule has 35 heavy (non-hydrogen) atoms. The smallest absolute Gasteiger partial charge is 0.339 e. The summed E-state index contributed by atoms with van der Waals surface area (Å²) in [6.07, 6.45) is 3.72. The summed E-state index contributed by atoms with van der Waals surface area (Å²) in [5, 5.41) is 3.53. The predicted molar refractivity (Wildman–Crippen MR) is 135 cm³/mol. The van der Waals surface area contributed by atoms with Gasteiger partial charge in [0.2, 0.25) is 0 Å². The Morgan fingerprint density at radius 2 is 1.60 bits per heavy atom. The number of fused-ring (bicyclic) bond motifs is 2. The fourth-order valence-corrected chi connectivity index (χ4v) is 4.38. The highest BCUT2D eigenvalue weighted by atomic mass is 16.5. The van der Waals surface area contributed by atoms with Crippen LogP contribution in [0.2, 0.25) is 0 Å². The molecule has 1 amide bonds. The first kappa shape index (κ1) is 22.6. The summed E-state index contributed by atoms with van der Waals surface area (Å²) in [6.45, 7) is 0.104. The van der Waals surface area contributed by atoms with E-state index in [9.17, 15) is 9.59 Å². The van der Waals surface area contributed by atoms with E-state index in [0.717, 1.165) is 53.4 Å². The van der Waals surface area contributed by atoms with Crippen LogP contribution in [0.5, 0.6) is 5.75 Å². The molecule has 0 fully saturated rings. The Morgan fingerprint density at radius 3 is 2.43 bits per heavy atom. The Kier molecular flexibility index (Phi) is 6.70. The van der Waals surface area contributed by atoms with Crippen LogP contribution in [-0.2, 0) is 29.0 Å². The molecule has 1 heterocycles. The first-order valence-corrected chi connectivity index (χ1v) is 11.8. The van der Waals surface area contributed by atoms with E-state index in [-0.39, 0.29) is 6.61 Å². The molecule has 3 aromatic carbocycles. The van der Waals surface area contributed by atoms with Gasteiger partial charge in [0.1, 0.15) is 12.4 Å². The van der Waals surface area contributed by atoms with Crippen LogP contribution in [0.15, 0.2) is 78.9 Å². The molecule has 6 nitrogen and oxygen atoms in total. The van der Waals surface area contributed by atoms with Crippen molar-refractivity contribution in [2.75, 3.05) is 11.9 Å². The van der Waals surface area contributed by atoms with Crippen LogP contribution in [0.1, 0.15) is 40.0 Å². The molecular weight excluding hydrogens is 440 g/mol. The van der Waals surface area contributed by atoms with E-state index in [2.05, 4.69) is 5.32 Å². The van der Waals surface area contributed by atoms with Gasteiger partial charge in [-0.05, 0) is 67.1 Å². The maximum Gasteiger partial charge on any atom is 0.339 e. The largest absolute Gasteiger partial charge is 0.489 e. The Hall–Kier alpha value is -4.19. The Balaban J connectivity index is 1.20. The van der Waals surface area contributed by atoms with Crippen molar-refractivity contribution in [3.05, 3.63) is 101 Å². The minimum absolute atomic E-state index is 0.365. The first-order valence-electron chi connectivity index (χ1n) is 11.8. The van der Waals surface area contributed by atoms with Crippen LogP contribution >= 0.6 is 0 Å². The second-order valence-corrected chi connectivity index (χ2v) is 8.56. The van der Waals surface area contributed by atoms with Gasteiger partial charge in [0, 0.05) is 16.8 Å². The topological polar surface area (TPSA) is 77.5 Å². The normalized spacial score (nSPS) is 12.6. The van der Waals surface area contributed by atoms with Crippen molar-refractivity contribution in [1.82, 2.24) is 4.98 Å². The number of nitrogens with zero attached hydrogens (tertiary/aromatic N) is 1. The second-order valence-electron chi connectivity index (χ2n) is 8.56. The number of rotatable bonds is 7. The third kappa shape index (κ3) is 5.32. The van der Waals surface area contributed by atoms with Gasteiger partial charge >= 0.3 is 5.97 Å². The van der Waals surface area contributed by atoms with Crippen molar-refractivity contribution >= 4 is 28.5 Å². The van der Waals surface area contributed by atoms with Gasteiger partial charge < -0.3 is 14.8 Å². The van der Waals surface area contributed by atoms with E-state index in [0.29, 0.717) is 23.6 Å². The quantitative estimate of drug-likeness (QED) is 0.365. The number of aromatic nitrogens is 1. The zero-order chi connectivity index (χ0) is 24.0. The summed E-state index contributed by atoms with van der Waals surface area (Å²) in [6, 6.07) is 24.6. The lowest BCUT2D eigenvalue weighted by molar-refractivity contribution is -0.119. The van der Waals surface area contributed by atoms with Gasteiger partial charge in [-0.1, -0.05) is 48.5 Å². The molecule has 1 aliphatic carbocycles. The molecule has 0 aliphatic heterocycles. The average Bonchev–Trinajstić information content (AvgIpc) is 2.90. The van der Waals surface area contributed by atoms with E-state index < -0.39 is 11.9 Å². The maximum atomic E-state index is 13.1. The van der Waals surface area contributed by atoms with Crippen LogP contribution < -0.4 is 10.1 Å². The van der Waals surface area contributed by atoms with E-state index in [1.807, 2.05) is 54.6 Å². The highest BCUT2D eigenvalue weighted by Gasteiger charge is 2.24. The molecule has 0 radical (unpaired) electrons. The standard InChI is InChI=1S/C29H26N2O4/c32-27(30-21-14-16-22(17-15-21)34-18-20-8-2-1-3-9-20)19-35-29(33)28-23-10-4-6-12-25(23)31-26-13-7-5-11-24(26)28/h1-4,6,8-10,12,14-17H,5,7,11,13,18-19H2,(H,30,32). The summed E-state index contributed by atoms with van der Waals surface area (Å²) in [7, 11) is 0. The molecule has 5 rings (SSSR count). The lowest BCUT2D eigenvalue weighted by Crippen LogP contribution is -2.22. The van der Waals surface area contributed by atoms with E-state index in [1.165, 1.54) is 0 Å². The summed E-state index contributed by atoms with van der Waals surface area (Å²) in [5.74, 6) is -0.183. The van der Waals surface area contributed by atoms with E-state index >= 15 is 0 Å².